The fourth-order valence-corrected chi connectivity index (χ4v) is 5.21. The van der Waals surface area contributed by atoms with Crippen molar-refractivity contribution in [1.29, 1.82) is 0 Å². The van der Waals surface area contributed by atoms with Gasteiger partial charge in [-0.25, -0.2) is 4.98 Å². The van der Waals surface area contributed by atoms with E-state index in [4.69, 9.17) is 4.74 Å². The highest BCUT2D eigenvalue weighted by molar-refractivity contribution is 5.93. The number of aryl methyl sites for hydroxylation is 3. The zero-order valence-corrected chi connectivity index (χ0v) is 18.4. The third-order valence-electron chi connectivity index (χ3n) is 7.08. The van der Waals surface area contributed by atoms with Gasteiger partial charge in [0.05, 0.1) is 31.0 Å². The Morgan fingerprint density at radius 1 is 1.32 bits per heavy atom. The smallest absolute Gasteiger partial charge is 0.230 e. The molecule has 0 unspecified atom stereocenters. The molecule has 1 aromatic heterocycles. The summed E-state index contributed by atoms with van der Waals surface area (Å²) in [6, 6.07) is 6.29. The third-order valence-corrected chi connectivity index (χ3v) is 7.08. The van der Waals surface area contributed by atoms with Crippen molar-refractivity contribution in [1.82, 2.24) is 19.4 Å². The molecule has 0 saturated carbocycles. The summed E-state index contributed by atoms with van der Waals surface area (Å²) in [5.41, 5.74) is 2.86. The van der Waals surface area contributed by atoms with Crippen molar-refractivity contribution in [3.8, 4) is 0 Å². The third kappa shape index (κ3) is 3.10. The van der Waals surface area contributed by atoms with Gasteiger partial charge in [0.2, 0.25) is 11.8 Å². The fraction of sp³-hybridized carbons (Fsp3) is 0.458. The molecule has 2 amide bonds. The molecule has 3 aliphatic rings. The zero-order chi connectivity index (χ0) is 21.9. The van der Waals surface area contributed by atoms with Crippen LogP contribution in [-0.4, -0.2) is 56.5 Å². The van der Waals surface area contributed by atoms with Crippen molar-refractivity contribution in [2.75, 3.05) is 13.6 Å². The fourth-order valence-electron chi connectivity index (χ4n) is 5.21. The monoisotopic (exact) mass is 420 g/mol. The summed E-state index contributed by atoms with van der Waals surface area (Å²) >= 11 is 0. The average molecular weight is 421 g/mol. The van der Waals surface area contributed by atoms with Crippen LogP contribution in [0.5, 0.6) is 0 Å². The number of benzene rings is 1. The molecule has 4 atom stereocenters. The Kier molecular flexibility index (Phi) is 4.55. The Morgan fingerprint density at radius 2 is 2.13 bits per heavy atom. The molecule has 7 heteroatoms. The van der Waals surface area contributed by atoms with Crippen LogP contribution in [0.4, 0.5) is 0 Å². The average Bonchev–Trinajstić information content (AvgIpc) is 3.47. The summed E-state index contributed by atoms with van der Waals surface area (Å²) < 4.78 is 8.16. The summed E-state index contributed by atoms with van der Waals surface area (Å²) in [6.45, 7) is 5.58. The second-order valence-electron chi connectivity index (χ2n) is 9.16. The normalized spacial score (nSPS) is 28.5. The van der Waals surface area contributed by atoms with E-state index in [-0.39, 0.29) is 17.9 Å². The van der Waals surface area contributed by atoms with Crippen LogP contribution in [0, 0.1) is 25.7 Å². The molecular formula is C24H28N4O3. The highest BCUT2D eigenvalue weighted by atomic mass is 16.5. The predicted molar refractivity (Wildman–Crippen MR) is 115 cm³/mol. The second-order valence-corrected chi connectivity index (χ2v) is 9.16. The maximum Gasteiger partial charge on any atom is 0.230 e. The van der Waals surface area contributed by atoms with Gasteiger partial charge < -0.3 is 19.1 Å². The van der Waals surface area contributed by atoms with Crippen LogP contribution in [0.2, 0.25) is 0 Å². The number of hydrogen-bond acceptors (Lipinski definition) is 4. The number of carbonyl (C=O) groups is 2. The van der Waals surface area contributed by atoms with Gasteiger partial charge in [-0.2, -0.15) is 0 Å². The lowest BCUT2D eigenvalue weighted by atomic mass is 9.76. The van der Waals surface area contributed by atoms with Gasteiger partial charge in [-0.05, 0) is 30.5 Å². The Hall–Kier alpha value is -2.93. The number of amides is 2. The maximum atomic E-state index is 13.5. The van der Waals surface area contributed by atoms with Gasteiger partial charge in [0, 0.05) is 33.0 Å². The zero-order valence-electron chi connectivity index (χ0n) is 18.4. The molecule has 31 heavy (non-hydrogen) atoms. The first kappa shape index (κ1) is 20.0. The number of rotatable bonds is 5. The molecule has 1 spiro atoms. The highest BCUT2D eigenvalue weighted by Crippen LogP contribution is 2.52. The molecule has 5 rings (SSSR count). The number of aromatic nitrogens is 2. The van der Waals surface area contributed by atoms with E-state index in [0.29, 0.717) is 19.6 Å². The van der Waals surface area contributed by atoms with Gasteiger partial charge in [0.1, 0.15) is 11.4 Å². The first-order valence-electron chi connectivity index (χ1n) is 10.7. The molecule has 2 aromatic rings. The lowest BCUT2D eigenvalue weighted by molar-refractivity contribution is -0.143. The minimum absolute atomic E-state index is 0.00817. The SMILES string of the molecule is Cc1ccc(CN2C[C@]34C=C[C@H](O3)[C@H](C(=O)N(C)Cc3nccn3C)[C@@H]4C2=O)cc1C. The Labute approximate surface area is 182 Å². The van der Waals surface area contributed by atoms with Gasteiger partial charge in [0.15, 0.2) is 0 Å². The van der Waals surface area contributed by atoms with Crippen molar-refractivity contribution in [3.63, 3.8) is 0 Å². The van der Waals surface area contributed by atoms with Crippen LogP contribution in [0.3, 0.4) is 0 Å². The van der Waals surface area contributed by atoms with Gasteiger partial charge in [-0.3, -0.25) is 9.59 Å². The molecule has 0 radical (unpaired) electrons. The molecule has 7 nitrogen and oxygen atoms in total. The minimum atomic E-state index is -0.689. The standard InChI is InChI=1S/C24H28N4O3/c1-15-5-6-17(11-16(15)2)12-28-14-24-8-7-18(31-24)20(21(24)23(28)30)22(29)27(4)13-19-25-9-10-26(19)3/h5-11,18,20-21H,12-14H2,1-4H3/t18-,20-,21+,24-/m0/s1. The van der Waals surface area contributed by atoms with E-state index in [1.165, 1.54) is 11.1 Å². The van der Waals surface area contributed by atoms with E-state index in [1.54, 1.807) is 18.1 Å². The van der Waals surface area contributed by atoms with Crippen molar-refractivity contribution >= 4 is 11.8 Å². The van der Waals surface area contributed by atoms with Gasteiger partial charge in [0.25, 0.3) is 0 Å². The number of fused-ring (bicyclic) bond motifs is 1. The molecule has 3 aliphatic heterocycles. The maximum absolute atomic E-state index is 13.5. The molecule has 4 heterocycles. The summed E-state index contributed by atoms with van der Waals surface area (Å²) in [5.74, 6) is -0.211. The van der Waals surface area contributed by atoms with Gasteiger partial charge in [-0.15, -0.1) is 0 Å². The molecule has 1 aromatic carbocycles. The minimum Gasteiger partial charge on any atom is -0.360 e. The van der Waals surface area contributed by atoms with Crippen LogP contribution in [0.15, 0.2) is 42.7 Å². The Bertz CT molecular complexity index is 1090. The van der Waals surface area contributed by atoms with Crippen LogP contribution in [0.1, 0.15) is 22.5 Å². The first-order chi connectivity index (χ1) is 14.8. The van der Waals surface area contributed by atoms with Crippen LogP contribution >= 0.6 is 0 Å². The lowest BCUT2D eigenvalue weighted by Gasteiger charge is -2.27. The Morgan fingerprint density at radius 3 is 2.84 bits per heavy atom. The number of ether oxygens (including phenoxy) is 1. The van der Waals surface area contributed by atoms with Crippen molar-refractivity contribution in [2.45, 2.75) is 38.6 Å². The van der Waals surface area contributed by atoms with E-state index in [1.807, 2.05) is 34.9 Å². The molecule has 2 bridgehead atoms. The number of hydrogen-bond donors (Lipinski definition) is 0. The first-order valence-corrected chi connectivity index (χ1v) is 10.7. The molecular weight excluding hydrogens is 392 g/mol. The molecule has 0 N–H and O–H groups in total. The summed E-state index contributed by atoms with van der Waals surface area (Å²) in [6.07, 6.45) is 7.20. The summed E-state index contributed by atoms with van der Waals surface area (Å²) in [4.78, 5) is 34.7. The lowest BCUT2D eigenvalue weighted by Crippen LogP contribution is -2.44. The van der Waals surface area contributed by atoms with E-state index < -0.39 is 17.4 Å². The summed E-state index contributed by atoms with van der Waals surface area (Å²) in [5, 5.41) is 0. The largest absolute Gasteiger partial charge is 0.360 e. The van der Waals surface area contributed by atoms with Gasteiger partial charge >= 0.3 is 0 Å². The van der Waals surface area contributed by atoms with E-state index in [9.17, 15) is 9.59 Å². The Balaban J connectivity index is 1.36. The van der Waals surface area contributed by atoms with Crippen molar-refractivity contribution < 1.29 is 14.3 Å². The highest BCUT2D eigenvalue weighted by Gasteiger charge is 2.67. The molecule has 2 saturated heterocycles. The van der Waals surface area contributed by atoms with Crippen LogP contribution < -0.4 is 0 Å². The molecule has 0 aliphatic carbocycles. The number of carbonyl (C=O) groups excluding carboxylic acids is 2. The second kappa shape index (κ2) is 7.05. The quantitative estimate of drug-likeness (QED) is 0.694. The van der Waals surface area contributed by atoms with E-state index >= 15 is 0 Å². The van der Waals surface area contributed by atoms with E-state index in [2.05, 4.69) is 37.0 Å². The van der Waals surface area contributed by atoms with Crippen molar-refractivity contribution in [3.05, 3.63) is 65.3 Å². The van der Waals surface area contributed by atoms with Crippen LogP contribution in [-0.2, 0) is 34.5 Å². The predicted octanol–water partition coefficient (Wildman–Crippen LogP) is 1.98. The number of imidazole rings is 1. The van der Waals surface area contributed by atoms with Crippen LogP contribution in [0.25, 0.3) is 0 Å². The molecule has 162 valence electrons. The van der Waals surface area contributed by atoms with Crippen molar-refractivity contribution in [2.24, 2.45) is 18.9 Å². The molecule has 2 fully saturated rings. The van der Waals surface area contributed by atoms with E-state index in [0.717, 1.165) is 11.4 Å². The number of likely N-dealkylation sites (tertiary alicyclic amines) is 1. The van der Waals surface area contributed by atoms with Gasteiger partial charge in [-0.1, -0.05) is 30.4 Å². The number of nitrogens with zero attached hydrogens (tertiary/aromatic N) is 4. The summed E-state index contributed by atoms with van der Waals surface area (Å²) in [7, 11) is 3.68. The topological polar surface area (TPSA) is 67.7 Å².